The number of nitrogens with zero attached hydrogens (tertiary/aromatic N) is 2. The van der Waals surface area contributed by atoms with Gasteiger partial charge >= 0.3 is 0 Å². The average molecular weight is 245 g/mol. The maximum absolute atomic E-state index is 5.71. The lowest BCUT2D eigenvalue weighted by atomic mass is 9.94. The SMILES string of the molecule is CC1CN(C)CCC1Nc1nc2ccccc2o1. The van der Waals surface area contributed by atoms with Gasteiger partial charge in [0.2, 0.25) is 0 Å². The van der Waals surface area contributed by atoms with Gasteiger partial charge in [0.15, 0.2) is 5.58 Å². The number of anilines is 1. The van der Waals surface area contributed by atoms with Crippen LogP contribution >= 0.6 is 0 Å². The first-order chi connectivity index (χ1) is 8.72. The summed E-state index contributed by atoms with van der Waals surface area (Å²) >= 11 is 0. The molecule has 2 heterocycles. The number of likely N-dealkylation sites (tertiary alicyclic amines) is 1. The molecule has 4 nitrogen and oxygen atoms in total. The van der Waals surface area contributed by atoms with Crippen LogP contribution in [0.4, 0.5) is 6.01 Å². The molecule has 1 aliphatic heterocycles. The molecule has 0 amide bonds. The predicted octanol–water partition coefficient (Wildman–Crippen LogP) is 2.58. The molecule has 3 rings (SSSR count). The van der Waals surface area contributed by atoms with Crippen molar-refractivity contribution >= 4 is 17.1 Å². The maximum atomic E-state index is 5.71. The van der Waals surface area contributed by atoms with Crippen molar-refractivity contribution < 1.29 is 4.42 Å². The van der Waals surface area contributed by atoms with Crippen LogP contribution in [0, 0.1) is 5.92 Å². The Kier molecular flexibility index (Phi) is 2.96. The fourth-order valence-electron chi connectivity index (χ4n) is 2.66. The third-order valence-corrected chi connectivity index (χ3v) is 3.71. The third kappa shape index (κ3) is 2.20. The molecule has 1 saturated heterocycles. The summed E-state index contributed by atoms with van der Waals surface area (Å²) < 4.78 is 5.71. The van der Waals surface area contributed by atoms with E-state index in [0.29, 0.717) is 18.0 Å². The lowest BCUT2D eigenvalue weighted by Crippen LogP contribution is -2.43. The number of fused-ring (bicyclic) bond motifs is 1. The van der Waals surface area contributed by atoms with Gasteiger partial charge in [0.25, 0.3) is 6.01 Å². The molecule has 1 aromatic carbocycles. The zero-order valence-electron chi connectivity index (χ0n) is 10.9. The molecule has 0 bridgehead atoms. The van der Waals surface area contributed by atoms with Gasteiger partial charge in [-0.15, -0.1) is 0 Å². The van der Waals surface area contributed by atoms with E-state index in [0.717, 1.165) is 30.6 Å². The summed E-state index contributed by atoms with van der Waals surface area (Å²) in [7, 11) is 2.17. The van der Waals surface area contributed by atoms with Crippen LogP contribution in [-0.2, 0) is 0 Å². The summed E-state index contributed by atoms with van der Waals surface area (Å²) in [5.74, 6) is 0.610. The molecule has 0 spiro atoms. The zero-order chi connectivity index (χ0) is 12.5. The van der Waals surface area contributed by atoms with E-state index in [9.17, 15) is 0 Å². The number of benzene rings is 1. The normalized spacial score (nSPS) is 25.4. The van der Waals surface area contributed by atoms with E-state index >= 15 is 0 Å². The largest absolute Gasteiger partial charge is 0.424 e. The Morgan fingerprint density at radius 2 is 2.22 bits per heavy atom. The molecule has 1 aliphatic rings. The van der Waals surface area contributed by atoms with Crippen LogP contribution in [0.5, 0.6) is 0 Å². The van der Waals surface area contributed by atoms with Gasteiger partial charge in [-0.3, -0.25) is 0 Å². The molecule has 0 aliphatic carbocycles. The second kappa shape index (κ2) is 4.61. The summed E-state index contributed by atoms with van der Waals surface area (Å²) in [6, 6.07) is 8.97. The van der Waals surface area contributed by atoms with Crippen molar-refractivity contribution in [2.75, 3.05) is 25.5 Å². The number of hydrogen-bond donors (Lipinski definition) is 1. The quantitative estimate of drug-likeness (QED) is 0.883. The van der Waals surface area contributed by atoms with Crippen LogP contribution in [0.3, 0.4) is 0 Å². The van der Waals surface area contributed by atoms with Gasteiger partial charge in [-0.05, 0) is 38.1 Å². The Morgan fingerprint density at radius 3 is 3.00 bits per heavy atom. The van der Waals surface area contributed by atoms with Crippen LogP contribution in [0.1, 0.15) is 13.3 Å². The lowest BCUT2D eigenvalue weighted by Gasteiger charge is -2.34. The average Bonchev–Trinajstić information content (AvgIpc) is 2.75. The Bertz CT molecular complexity index is 504. The second-order valence-electron chi connectivity index (χ2n) is 5.27. The van der Waals surface area contributed by atoms with E-state index in [1.54, 1.807) is 0 Å². The summed E-state index contributed by atoms with van der Waals surface area (Å²) in [5.41, 5.74) is 1.76. The Morgan fingerprint density at radius 1 is 1.39 bits per heavy atom. The van der Waals surface area contributed by atoms with Gasteiger partial charge in [-0.2, -0.15) is 4.98 Å². The van der Waals surface area contributed by atoms with Crippen molar-refractivity contribution in [2.24, 2.45) is 5.92 Å². The van der Waals surface area contributed by atoms with E-state index in [1.165, 1.54) is 0 Å². The molecule has 0 saturated carbocycles. The van der Waals surface area contributed by atoms with E-state index in [1.807, 2.05) is 24.3 Å². The molecule has 1 N–H and O–H groups in total. The monoisotopic (exact) mass is 245 g/mol. The van der Waals surface area contributed by atoms with Crippen molar-refractivity contribution in [3.8, 4) is 0 Å². The molecule has 2 unspecified atom stereocenters. The van der Waals surface area contributed by atoms with Gasteiger partial charge in [-0.1, -0.05) is 19.1 Å². The van der Waals surface area contributed by atoms with Crippen LogP contribution in [0.2, 0.25) is 0 Å². The van der Waals surface area contributed by atoms with E-state index in [2.05, 4.69) is 29.2 Å². The van der Waals surface area contributed by atoms with E-state index in [4.69, 9.17) is 4.42 Å². The Balaban J connectivity index is 1.75. The highest BCUT2D eigenvalue weighted by atomic mass is 16.4. The second-order valence-corrected chi connectivity index (χ2v) is 5.27. The minimum atomic E-state index is 0.453. The number of oxazole rings is 1. The zero-order valence-corrected chi connectivity index (χ0v) is 10.9. The number of nitrogens with one attached hydrogen (secondary N) is 1. The number of hydrogen-bond acceptors (Lipinski definition) is 4. The van der Waals surface area contributed by atoms with Gasteiger partial charge in [0.1, 0.15) is 5.52 Å². The minimum absolute atomic E-state index is 0.453. The fraction of sp³-hybridized carbons (Fsp3) is 0.500. The Hall–Kier alpha value is -1.55. The number of rotatable bonds is 2. The van der Waals surface area contributed by atoms with Crippen molar-refractivity contribution in [3.63, 3.8) is 0 Å². The van der Waals surface area contributed by atoms with Gasteiger partial charge in [-0.25, -0.2) is 0 Å². The third-order valence-electron chi connectivity index (χ3n) is 3.71. The summed E-state index contributed by atoms with van der Waals surface area (Å²) in [5, 5.41) is 3.44. The molecule has 2 atom stereocenters. The van der Waals surface area contributed by atoms with Crippen LogP contribution in [0.15, 0.2) is 28.7 Å². The minimum Gasteiger partial charge on any atom is -0.424 e. The van der Waals surface area contributed by atoms with E-state index in [-0.39, 0.29) is 0 Å². The van der Waals surface area contributed by atoms with Gasteiger partial charge in [0, 0.05) is 12.6 Å². The van der Waals surface area contributed by atoms with Gasteiger partial charge in [0.05, 0.1) is 0 Å². The highest BCUT2D eigenvalue weighted by Crippen LogP contribution is 2.23. The Labute approximate surface area is 107 Å². The summed E-state index contributed by atoms with van der Waals surface area (Å²) in [6.45, 7) is 4.52. The first kappa shape index (κ1) is 11.5. The van der Waals surface area contributed by atoms with Crippen molar-refractivity contribution in [3.05, 3.63) is 24.3 Å². The summed E-state index contributed by atoms with van der Waals surface area (Å²) in [6.07, 6.45) is 1.14. The van der Waals surface area contributed by atoms with Gasteiger partial charge < -0.3 is 14.6 Å². The molecular weight excluding hydrogens is 226 g/mol. The van der Waals surface area contributed by atoms with Crippen molar-refractivity contribution in [1.29, 1.82) is 0 Å². The van der Waals surface area contributed by atoms with Crippen LogP contribution in [0.25, 0.3) is 11.1 Å². The highest BCUT2D eigenvalue weighted by molar-refractivity contribution is 5.74. The van der Waals surface area contributed by atoms with Crippen molar-refractivity contribution in [2.45, 2.75) is 19.4 Å². The maximum Gasteiger partial charge on any atom is 0.295 e. The molecule has 96 valence electrons. The standard InChI is InChI=1S/C14H19N3O/c1-10-9-17(2)8-7-11(10)15-14-16-12-5-3-4-6-13(12)18-14/h3-6,10-11H,7-9H2,1-2H3,(H,15,16). The van der Waals surface area contributed by atoms with Crippen LogP contribution < -0.4 is 5.32 Å². The van der Waals surface area contributed by atoms with E-state index < -0.39 is 0 Å². The highest BCUT2D eigenvalue weighted by Gasteiger charge is 2.25. The smallest absolute Gasteiger partial charge is 0.295 e. The number of piperidine rings is 1. The first-order valence-corrected chi connectivity index (χ1v) is 6.53. The molecule has 1 fully saturated rings. The molecule has 4 heteroatoms. The van der Waals surface area contributed by atoms with Crippen molar-refractivity contribution in [1.82, 2.24) is 9.88 Å². The number of para-hydroxylation sites is 2. The lowest BCUT2D eigenvalue weighted by molar-refractivity contribution is 0.204. The van der Waals surface area contributed by atoms with Crippen LogP contribution in [-0.4, -0.2) is 36.1 Å². The topological polar surface area (TPSA) is 41.3 Å². The number of aromatic nitrogens is 1. The predicted molar refractivity (Wildman–Crippen MR) is 72.7 cm³/mol. The molecule has 2 aromatic rings. The first-order valence-electron chi connectivity index (χ1n) is 6.53. The molecule has 18 heavy (non-hydrogen) atoms. The molecule has 0 radical (unpaired) electrons. The molecular formula is C14H19N3O. The molecule has 1 aromatic heterocycles. The fourth-order valence-corrected chi connectivity index (χ4v) is 2.66. The summed E-state index contributed by atoms with van der Waals surface area (Å²) in [4.78, 5) is 6.84.